The van der Waals surface area contributed by atoms with Gasteiger partial charge in [-0.3, -0.25) is 0 Å². The van der Waals surface area contributed by atoms with Crippen LogP contribution in [0.5, 0.6) is 0 Å². The first-order valence-corrected chi connectivity index (χ1v) is 14.4. The van der Waals surface area contributed by atoms with E-state index in [1.54, 1.807) is 0 Å². The number of hydrogen-bond acceptors (Lipinski definition) is 2. The fourth-order valence-electron chi connectivity index (χ4n) is 5.38. The summed E-state index contributed by atoms with van der Waals surface area (Å²) in [5, 5.41) is 0. The van der Waals surface area contributed by atoms with E-state index in [1.807, 2.05) is 12.2 Å². The summed E-state index contributed by atoms with van der Waals surface area (Å²) in [7, 11) is 0. The predicted molar refractivity (Wildman–Crippen MR) is 181 cm³/mol. The molecule has 0 N–H and O–H groups in total. The van der Waals surface area contributed by atoms with Crippen LogP contribution in [0.1, 0.15) is 18.1 Å². The second-order valence-corrected chi connectivity index (χ2v) is 10.5. The number of rotatable bonds is 7. The van der Waals surface area contributed by atoms with Crippen LogP contribution in [0, 0.1) is 6.92 Å². The Morgan fingerprint density at radius 2 is 1.29 bits per heavy atom. The quantitative estimate of drug-likeness (QED) is 0.170. The monoisotopic (exact) mass is 540 g/mol. The van der Waals surface area contributed by atoms with Crippen LogP contribution >= 0.6 is 0 Å². The van der Waals surface area contributed by atoms with Crippen molar-refractivity contribution in [3.8, 4) is 0 Å². The molecule has 4 aromatic rings. The normalized spacial score (nSPS) is 14.0. The van der Waals surface area contributed by atoms with Crippen LogP contribution in [-0.4, -0.2) is 12.4 Å². The molecule has 2 aliphatic rings. The van der Waals surface area contributed by atoms with Crippen LogP contribution < -0.4 is 9.80 Å². The molecule has 0 saturated heterocycles. The van der Waals surface area contributed by atoms with Gasteiger partial charge in [0.15, 0.2) is 0 Å². The maximum absolute atomic E-state index is 3.29. The third kappa shape index (κ3) is 6.13. The van der Waals surface area contributed by atoms with Gasteiger partial charge in [-0.15, -0.1) is 0 Å². The van der Waals surface area contributed by atoms with Gasteiger partial charge in [0.2, 0.25) is 0 Å². The molecular weight excluding hydrogens is 507 g/mol. The molecular formula is C39H33BN2. The van der Waals surface area contributed by atoms with Gasteiger partial charge in [-0.1, -0.05) is 0 Å². The number of hydrogen-bond donors (Lipinski definition) is 0. The Kier molecular flexibility index (Phi) is 8.13. The molecule has 0 amide bonds. The Hall–Kier alpha value is -5.11. The molecule has 0 bridgehead atoms. The molecule has 0 radical (unpaired) electrons. The first kappa shape index (κ1) is 27.1. The Morgan fingerprint density at radius 3 is 1.98 bits per heavy atom. The molecule has 0 unspecified atom stereocenters. The van der Waals surface area contributed by atoms with Crippen molar-refractivity contribution in [1.82, 2.24) is 0 Å². The summed E-state index contributed by atoms with van der Waals surface area (Å²) in [6.07, 6.45) is 15.9. The minimum atomic E-state index is 0.848. The predicted octanol–water partition coefficient (Wildman–Crippen LogP) is 9.62. The molecule has 0 aromatic heterocycles. The van der Waals surface area contributed by atoms with Gasteiger partial charge < -0.3 is 0 Å². The van der Waals surface area contributed by atoms with E-state index in [2.05, 4.69) is 176 Å². The molecule has 0 saturated carbocycles. The van der Waals surface area contributed by atoms with Crippen LogP contribution in [0.25, 0.3) is 0 Å². The van der Waals surface area contributed by atoms with Crippen LogP contribution in [0.4, 0.5) is 22.7 Å². The molecule has 0 fully saturated rings. The number of allylic oxidation sites excluding steroid dienone is 7. The summed E-state index contributed by atoms with van der Waals surface area (Å²) < 4.78 is 0. The molecule has 202 valence electrons. The van der Waals surface area contributed by atoms with Gasteiger partial charge in [0.1, 0.15) is 0 Å². The summed E-state index contributed by atoms with van der Waals surface area (Å²) in [6, 6.07) is 38.6. The third-order valence-electron chi connectivity index (χ3n) is 7.41. The minimum absolute atomic E-state index is 0.848. The summed E-state index contributed by atoms with van der Waals surface area (Å²) in [4.78, 5) is 4.61. The molecule has 0 spiro atoms. The molecule has 2 nitrogen and oxygen atoms in total. The topological polar surface area (TPSA) is 6.48 Å². The second kappa shape index (κ2) is 12.6. The third-order valence-corrected chi connectivity index (χ3v) is 7.41. The van der Waals surface area contributed by atoms with Crippen molar-refractivity contribution in [2.45, 2.75) is 20.2 Å². The zero-order valence-corrected chi connectivity index (χ0v) is 24.1. The SMILES string of the molecule is CC1=CC=C=CC(N(c2ccccc2)c2ccc(C3=BCC=C(N(c4ccccc4)c4cccc(C)c4)C=C3)cc2)=C1. The summed E-state index contributed by atoms with van der Waals surface area (Å²) in [5.41, 5.74) is 14.9. The first-order chi connectivity index (χ1) is 20.7. The van der Waals surface area contributed by atoms with Gasteiger partial charge in [-0.05, 0) is 0 Å². The fraction of sp³-hybridized carbons (Fsp3) is 0.0769. The number of aryl methyl sites for hydroxylation is 1. The summed E-state index contributed by atoms with van der Waals surface area (Å²) in [6.45, 7) is 6.57. The van der Waals surface area contributed by atoms with E-state index >= 15 is 0 Å². The summed E-state index contributed by atoms with van der Waals surface area (Å²) >= 11 is 0. The standard InChI is InChI=1S/C39H33BN2/c1-30-12-9-10-18-37(28-30)41(33-14-5-3-6-15-33)35-22-20-32(21-23-35)39-25-24-36(26-27-40-39)42(34-16-7-4-8-17-34)38-19-11-13-31(2)29-38/h3-9,11-26,28-29H,27H2,1-2H3. The number of anilines is 4. The van der Waals surface area contributed by atoms with Crippen LogP contribution in [0.3, 0.4) is 0 Å². The van der Waals surface area contributed by atoms with Crippen molar-refractivity contribution >= 4 is 35.1 Å². The molecule has 1 aliphatic heterocycles. The molecule has 4 aromatic carbocycles. The van der Waals surface area contributed by atoms with Crippen LogP contribution in [-0.2, 0) is 0 Å². The van der Waals surface area contributed by atoms with Gasteiger partial charge in [0.05, 0.1) is 0 Å². The van der Waals surface area contributed by atoms with Crippen molar-refractivity contribution in [3.05, 3.63) is 186 Å². The Bertz CT molecular complexity index is 1780. The molecule has 6 rings (SSSR count). The number of nitrogens with zero attached hydrogens (tertiary/aromatic N) is 2. The van der Waals surface area contributed by atoms with Crippen molar-refractivity contribution in [2.24, 2.45) is 0 Å². The average Bonchev–Trinajstić information content (AvgIpc) is 3.40. The van der Waals surface area contributed by atoms with E-state index < -0.39 is 0 Å². The van der Waals surface area contributed by atoms with Crippen molar-refractivity contribution in [1.29, 1.82) is 0 Å². The van der Waals surface area contributed by atoms with E-state index in [-0.39, 0.29) is 0 Å². The van der Waals surface area contributed by atoms with Crippen molar-refractivity contribution in [3.63, 3.8) is 0 Å². The zero-order valence-electron chi connectivity index (χ0n) is 24.1. The van der Waals surface area contributed by atoms with Gasteiger partial charge in [-0.25, -0.2) is 0 Å². The first-order valence-electron chi connectivity index (χ1n) is 14.4. The second-order valence-electron chi connectivity index (χ2n) is 10.5. The average molecular weight is 541 g/mol. The molecule has 0 atom stereocenters. The van der Waals surface area contributed by atoms with E-state index in [0.29, 0.717) is 0 Å². The van der Waals surface area contributed by atoms with Gasteiger partial charge in [-0.2, -0.15) is 0 Å². The Balaban J connectivity index is 1.30. The Morgan fingerprint density at radius 1 is 0.643 bits per heavy atom. The van der Waals surface area contributed by atoms with E-state index in [4.69, 9.17) is 0 Å². The molecule has 3 heteroatoms. The van der Waals surface area contributed by atoms with Crippen LogP contribution in [0.15, 0.2) is 174 Å². The zero-order chi connectivity index (χ0) is 28.7. The number of para-hydroxylation sites is 2. The van der Waals surface area contributed by atoms with Crippen molar-refractivity contribution < 1.29 is 0 Å². The van der Waals surface area contributed by atoms with E-state index in [0.717, 1.165) is 40.5 Å². The van der Waals surface area contributed by atoms with Gasteiger partial charge in [0.25, 0.3) is 0 Å². The maximum atomic E-state index is 3.29. The van der Waals surface area contributed by atoms with Gasteiger partial charge in [0, 0.05) is 0 Å². The van der Waals surface area contributed by atoms with Crippen LogP contribution in [0.2, 0.25) is 6.32 Å². The Labute approximate surface area is 250 Å². The number of benzene rings is 4. The molecule has 1 aliphatic carbocycles. The van der Waals surface area contributed by atoms with E-state index in [1.165, 1.54) is 22.2 Å². The van der Waals surface area contributed by atoms with Crippen molar-refractivity contribution in [2.75, 3.05) is 9.80 Å². The summed E-state index contributed by atoms with van der Waals surface area (Å²) in [5.74, 6) is 0. The van der Waals surface area contributed by atoms with Gasteiger partial charge >= 0.3 is 251 Å². The molecule has 1 heterocycles. The fourth-order valence-corrected chi connectivity index (χ4v) is 5.38. The van der Waals surface area contributed by atoms with E-state index in [9.17, 15) is 0 Å². The molecule has 42 heavy (non-hydrogen) atoms.